The van der Waals surface area contributed by atoms with Crippen LogP contribution in [0.3, 0.4) is 0 Å². The van der Waals surface area contributed by atoms with Gasteiger partial charge in [-0.2, -0.15) is 10.2 Å². The van der Waals surface area contributed by atoms with Gasteiger partial charge in [-0.05, 0) is 24.3 Å². The van der Waals surface area contributed by atoms with Crippen LogP contribution in [0.5, 0.6) is 11.5 Å². The first-order valence-corrected chi connectivity index (χ1v) is 5.26. The molecule has 1 aromatic carbocycles. The molecule has 0 atom stereocenters. The number of rotatable bonds is 4. The third kappa shape index (κ3) is 2.98. The van der Waals surface area contributed by atoms with Crippen molar-refractivity contribution in [2.75, 3.05) is 7.11 Å². The van der Waals surface area contributed by atoms with Gasteiger partial charge in [0.25, 0.3) is 0 Å². The van der Waals surface area contributed by atoms with Crippen LogP contribution in [0.1, 0.15) is 11.3 Å². The molecule has 18 heavy (non-hydrogen) atoms. The van der Waals surface area contributed by atoms with Crippen molar-refractivity contribution in [1.29, 1.82) is 0 Å². The largest absolute Gasteiger partial charge is 0.507 e. The molecule has 92 valence electrons. The minimum atomic E-state index is 0.0892. The third-order valence-corrected chi connectivity index (χ3v) is 2.23. The number of phenols is 1. The highest BCUT2D eigenvalue weighted by molar-refractivity contribution is 5.84. The topological polar surface area (TPSA) is 67.3 Å². The highest BCUT2D eigenvalue weighted by Crippen LogP contribution is 2.21. The lowest BCUT2D eigenvalue weighted by molar-refractivity contribution is 0.407. The van der Waals surface area contributed by atoms with Crippen LogP contribution in [-0.2, 0) is 0 Å². The minimum Gasteiger partial charge on any atom is -0.507 e. The van der Waals surface area contributed by atoms with Gasteiger partial charge in [0.2, 0.25) is 0 Å². The molecule has 0 bridgehead atoms. The lowest BCUT2D eigenvalue weighted by atomic mass is 10.2. The van der Waals surface area contributed by atoms with E-state index >= 15 is 0 Å². The number of ether oxygens (including phenoxy) is 1. The van der Waals surface area contributed by atoms with E-state index in [1.807, 2.05) is 0 Å². The molecular formula is C13H12N2O3. The second kappa shape index (κ2) is 5.67. The smallest absolute Gasteiger partial charge is 0.146 e. The van der Waals surface area contributed by atoms with Gasteiger partial charge in [0, 0.05) is 11.6 Å². The van der Waals surface area contributed by atoms with E-state index in [9.17, 15) is 5.11 Å². The second-order valence-electron chi connectivity index (χ2n) is 3.43. The highest BCUT2D eigenvalue weighted by atomic mass is 16.5. The predicted molar refractivity (Wildman–Crippen MR) is 68.6 cm³/mol. The van der Waals surface area contributed by atoms with Crippen LogP contribution < -0.4 is 4.74 Å². The maximum Gasteiger partial charge on any atom is 0.146 e. The summed E-state index contributed by atoms with van der Waals surface area (Å²) in [7, 11) is 1.54. The number of furan rings is 1. The van der Waals surface area contributed by atoms with E-state index in [0.29, 0.717) is 17.1 Å². The molecule has 2 aromatic rings. The molecule has 0 radical (unpaired) electrons. The maximum atomic E-state index is 9.66. The molecule has 0 aliphatic heterocycles. The number of phenolic OH excluding ortho intramolecular Hbond substituents is 1. The maximum absolute atomic E-state index is 9.66. The Morgan fingerprint density at radius 2 is 2.06 bits per heavy atom. The molecule has 5 nitrogen and oxygen atoms in total. The zero-order valence-electron chi connectivity index (χ0n) is 9.78. The standard InChI is InChI=1S/C13H12N2O3/c1-17-11-5-4-10(13(16)7-11)8-14-15-9-12-3-2-6-18-12/h2-9,16H,1H3/b14-8+,15-9?. The fourth-order valence-corrected chi connectivity index (χ4v) is 1.31. The summed E-state index contributed by atoms with van der Waals surface area (Å²) in [4.78, 5) is 0. The van der Waals surface area contributed by atoms with E-state index in [1.165, 1.54) is 25.6 Å². The Bertz CT molecular complexity index is 560. The van der Waals surface area contributed by atoms with Crippen molar-refractivity contribution in [1.82, 2.24) is 0 Å². The minimum absolute atomic E-state index is 0.0892. The zero-order chi connectivity index (χ0) is 12.8. The van der Waals surface area contributed by atoms with E-state index < -0.39 is 0 Å². The van der Waals surface area contributed by atoms with E-state index in [0.717, 1.165) is 0 Å². The van der Waals surface area contributed by atoms with Gasteiger partial charge in [-0.1, -0.05) is 0 Å². The van der Waals surface area contributed by atoms with Crippen molar-refractivity contribution in [2.24, 2.45) is 10.2 Å². The van der Waals surface area contributed by atoms with Crippen molar-refractivity contribution in [3.63, 3.8) is 0 Å². The summed E-state index contributed by atoms with van der Waals surface area (Å²) >= 11 is 0. The van der Waals surface area contributed by atoms with Crippen LogP contribution in [0.2, 0.25) is 0 Å². The lowest BCUT2D eigenvalue weighted by Crippen LogP contribution is -1.86. The predicted octanol–water partition coefficient (Wildman–Crippen LogP) is 2.45. The van der Waals surface area contributed by atoms with Gasteiger partial charge >= 0.3 is 0 Å². The summed E-state index contributed by atoms with van der Waals surface area (Å²) in [5.41, 5.74) is 0.562. The number of hydrogen-bond acceptors (Lipinski definition) is 5. The van der Waals surface area contributed by atoms with Crippen LogP contribution in [0.4, 0.5) is 0 Å². The first kappa shape index (κ1) is 11.9. The molecule has 0 unspecified atom stereocenters. The summed E-state index contributed by atoms with van der Waals surface area (Å²) < 4.78 is 10.0. The average molecular weight is 244 g/mol. The van der Waals surface area contributed by atoms with E-state index in [-0.39, 0.29) is 5.75 Å². The van der Waals surface area contributed by atoms with Crippen LogP contribution >= 0.6 is 0 Å². The summed E-state index contributed by atoms with van der Waals surface area (Å²) in [5, 5.41) is 17.3. The Morgan fingerprint density at radius 1 is 1.22 bits per heavy atom. The van der Waals surface area contributed by atoms with Gasteiger partial charge in [-0.15, -0.1) is 0 Å². The van der Waals surface area contributed by atoms with E-state index in [1.54, 1.807) is 30.5 Å². The number of nitrogens with zero attached hydrogens (tertiary/aromatic N) is 2. The molecule has 0 aliphatic rings. The van der Waals surface area contributed by atoms with Crippen molar-refractivity contribution in [2.45, 2.75) is 0 Å². The average Bonchev–Trinajstić information content (AvgIpc) is 2.89. The van der Waals surface area contributed by atoms with Gasteiger partial charge in [0.1, 0.15) is 17.3 Å². The molecule has 0 spiro atoms. The van der Waals surface area contributed by atoms with Gasteiger partial charge in [0.15, 0.2) is 0 Å². The second-order valence-corrected chi connectivity index (χ2v) is 3.43. The van der Waals surface area contributed by atoms with E-state index in [4.69, 9.17) is 9.15 Å². The van der Waals surface area contributed by atoms with Crippen molar-refractivity contribution >= 4 is 12.4 Å². The van der Waals surface area contributed by atoms with Crippen LogP contribution in [0.15, 0.2) is 51.2 Å². The van der Waals surface area contributed by atoms with Gasteiger partial charge in [-0.3, -0.25) is 0 Å². The van der Waals surface area contributed by atoms with Crippen LogP contribution in [0, 0.1) is 0 Å². The van der Waals surface area contributed by atoms with Crippen LogP contribution in [-0.4, -0.2) is 24.6 Å². The Hall–Kier alpha value is -2.56. The first-order valence-electron chi connectivity index (χ1n) is 5.26. The Balaban J connectivity index is 2.05. The molecule has 0 aliphatic carbocycles. The zero-order valence-corrected chi connectivity index (χ0v) is 9.78. The molecule has 0 fully saturated rings. The number of methoxy groups -OCH3 is 1. The summed E-state index contributed by atoms with van der Waals surface area (Å²) in [6.07, 6.45) is 4.49. The van der Waals surface area contributed by atoms with Crippen molar-refractivity contribution < 1.29 is 14.3 Å². The number of aromatic hydroxyl groups is 1. The molecule has 5 heteroatoms. The third-order valence-electron chi connectivity index (χ3n) is 2.23. The quantitative estimate of drug-likeness (QED) is 0.663. The molecule has 2 rings (SSSR count). The Labute approximate surface area is 104 Å². The molecule has 0 amide bonds. The first-order chi connectivity index (χ1) is 8.79. The molecule has 0 saturated carbocycles. The van der Waals surface area contributed by atoms with Gasteiger partial charge in [0.05, 0.1) is 25.8 Å². The van der Waals surface area contributed by atoms with Gasteiger partial charge in [-0.25, -0.2) is 0 Å². The molecule has 1 aromatic heterocycles. The summed E-state index contributed by atoms with van der Waals surface area (Å²) in [6.45, 7) is 0. The normalized spacial score (nSPS) is 11.4. The lowest BCUT2D eigenvalue weighted by Gasteiger charge is -2.01. The Morgan fingerprint density at radius 3 is 2.72 bits per heavy atom. The molecule has 0 saturated heterocycles. The fraction of sp³-hybridized carbons (Fsp3) is 0.0769. The highest BCUT2D eigenvalue weighted by Gasteiger charge is 1.99. The van der Waals surface area contributed by atoms with Gasteiger partial charge < -0.3 is 14.3 Å². The summed E-state index contributed by atoms with van der Waals surface area (Å²) in [5.74, 6) is 1.29. The number of benzene rings is 1. The van der Waals surface area contributed by atoms with Crippen molar-refractivity contribution in [3.05, 3.63) is 47.9 Å². The molecular weight excluding hydrogens is 232 g/mol. The molecule has 1 N–H and O–H groups in total. The SMILES string of the molecule is COc1ccc(/C=N/N=Cc2ccco2)c(O)c1. The molecule has 1 heterocycles. The summed E-state index contributed by atoms with van der Waals surface area (Å²) in [6, 6.07) is 8.47. The fourth-order valence-electron chi connectivity index (χ4n) is 1.31. The Kier molecular flexibility index (Phi) is 3.76. The number of hydrogen-bond donors (Lipinski definition) is 1. The monoisotopic (exact) mass is 244 g/mol. The van der Waals surface area contributed by atoms with Crippen LogP contribution in [0.25, 0.3) is 0 Å². The van der Waals surface area contributed by atoms with E-state index in [2.05, 4.69) is 10.2 Å². The van der Waals surface area contributed by atoms with Crippen molar-refractivity contribution in [3.8, 4) is 11.5 Å².